The summed E-state index contributed by atoms with van der Waals surface area (Å²) < 4.78 is 1.94. The van der Waals surface area contributed by atoms with Gasteiger partial charge >= 0.3 is 0 Å². The largest absolute Gasteiger partial charge is 0.282 e. The molecule has 0 aromatic carbocycles. The van der Waals surface area contributed by atoms with Crippen LogP contribution in [-0.4, -0.2) is 54.9 Å². The molecular formula is C53H83N11S2. The van der Waals surface area contributed by atoms with Gasteiger partial charge in [-0.05, 0) is 51.1 Å². The van der Waals surface area contributed by atoms with E-state index in [9.17, 15) is 0 Å². The summed E-state index contributed by atoms with van der Waals surface area (Å²) in [5, 5.41) is 16.2. The number of hydrogen-bond acceptors (Lipinski definition) is 11. The van der Waals surface area contributed by atoms with Gasteiger partial charge < -0.3 is 0 Å². The molecule has 0 aliphatic carbocycles. The van der Waals surface area contributed by atoms with Gasteiger partial charge in [0, 0.05) is 117 Å². The molecule has 0 saturated carbocycles. The van der Waals surface area contributed by atoms with Crippen molar-refractivity contribution in [2.45, 2.75) is 183 Å². The van der Waals surface area contributed by atoms with E-state index in [4.69, 9.17) is 0 Å². The molecular weight excluding hydrogens is 855 g/mol. The Hall–Kier alpha value is -5.01. The second kappa shape index (κ2) is 26.4. The normalized spacial score (nSPS) is 11.7. The van der Waals surface area contributed by atoms with Gasteiger partial charge in [-0.1, -0.05) is 131 Å². The summed E-state index contributed by atoms with van der Waals surface area (Å²) in [6.07, 6.45) is 18.0. The molecule has 0 saturated heterocycles. The van der Waals surface area contributed by atoms with Crippen LogP contribution in [0.2, 0.25) is 0 Å². The lowest BCUT2D eigenvalue weighted by molar-refractivity contribution is 0.355. The van der Waals surface area contributed by atoms with Crippen LogP contribution in [0.3, 0.4) is 0 Å². The Bertz CT molecular complexity index is 1900. The standard InChI is InChI=1S/C9H13N.2C8H12N2.2C7H12N2.2C7H11NS/c1-9(2,3)8-6-4-5-7-10-8;1-8(2,3)7-6-9-4-5-10-7;1-8(2,3)7-9-5-4-6-10-7;1-7(2,3)9-6-4-5-8-9;1-7(2,3)6-4-5-8-9-6;1-7(2,3)6-4-9-5-8-6;1-7(2,3)6-8-4-5-9-6/h4-7H,1-3H3;2*4-6H,1-3H3;4-6H,1-3H3;4-5H,1-3H3,(H,8,9);2*4-5H,1-3H3. The second-order valence-electron chi connectivity index (χ2n) is 22.7. The zero-order valence-corrected chi connectivity index (χ0v) is 45.9. The predicted molar refractivity (Wildman–Crippen MR) is 281 cm³/mol. The van der Waals surface area contributed by atoms with E-state index in [1.807, 2.05) is 64.5 Å². The lowest BCUT2D eigenvalue weighted by Crippen LogP contribution is -2.21. The van der Waals surface area contributed by atoms with Gasteiger partial charge in [0.2, 0.25) is 0 Å². The van der Waals surface area contributed by atoms with Gasteiger partial charge in [-0.3, -0.25) is 24.7 Å². The summed E-state index contributed by atoms with van der Waals surface area (Å²) >= 11 is 3.37. The molecule has 0 aliphatic heterocycles. The van der Waals surface area contributed by atoms with Gasteiger partial charge in [0.25, 0.3) is 0 Å². The zero-order chi connectivity index (χ0) is 50.5. The van der Waals surface area contributed by atoms with E-state index in [1.165, 1.54) is 16.4 Å². The Morgan fingerprint density at radius 2 is 1.06 bits per heavy atom. The third-order valence-corrected chi connectivity index (χ3v) is 10.6. The van der Waals surface area contributed by atoms with Crippen molar-refractivity contribution in [1.82, 2.24) is 54.9 Å². The van der Waals surface area contributed by atoms with Gasteiger partial charge in [-0.2, -0.15) is 10.2 Å². The number of nitrogens with zero attached hydrogens (tertiary/aromatic N) is 10. The first-order chi connectivity index (χ1) is 30.2. The summed E-state index contributed by atoms with van der Waals surface area (Å²) in [6, 6.07) is 11.8. The van der Waals surface area contributed by atoms with Crippen LogP contribution >= 0.6 is 22.7 Å². The highest BCUT2D eigenvalue weighted by Crippen LogP contribution is 2.24. The molecule has 0 unspecified atom stereocenters. The molecule has 0 atom stereocenters. The lowest BCUT2D eigenvalue weighted by atomic mass is 9.92. The third kappa shape index (κ3) is 25.0. The number of aromatic nitrogens is 11. The van der Waals surface area contributed by atoms with Crippen molar-refractivity contribution in [1.29, 1.82) is 0 Å². The van der Waals surface area contributed by atoms with Crippen molar-refractivity contribution < 1.29 is 0 Å². The highest BCUT2D eigenvalue weighted by atomic mass is 32.1. The molecule has 362 valence electrons. The second-order valence-corrected chi connectivity index (χ2v) is 24.3. The number of nitrogens with one attached hydrogen (secondary N) is 1. The minimum absolute atomic E-state index is 0.0707. The number of rotatable bonds is 0. The van der Waals surface area contributed by atoms with Crippen molar-refractivity contribution in [3.63, 3.8) is 0 Å². The van der Waals surface area contributed by atoms with Crippen molar-refractivity contribution in [3.8, 4) is 0 Å². The molecule has 0 radical (unpaired) electrons. The number of thiazole rings is 2. The van der Waals surface area contributed by atoms with Crippen LogP contribution in [0.15, 0.2) is 115 Å². The van der Waals surface area contributed by atoms with Crippen LogP contribution in [0.5, 0.6) is 0 Å². The van der Waals surface area contributed by atoms with E-state index in [0.29, 0.717) is 0 Å². The van der Waals surface area contributed by atoms with E-state index in [1.54, 1.807) is 66.1 Å². The summed E-state index contributed by atoms with van der Waals surface area (Å²) in [5.74, 6) is 0.898. The highest BCUT2D eigenvalue weighted by molar-refractivity contribution is 7.09. The molecule has 0 aliphatic rings. The molecule has 11 nitrogen and oxygen atoms in total. The Labute approximate surface area is 407 Å². The van der Waals surface area contributed by atoms with Gasteiger partial charge in [0.15, 0.2) is 0 Å². The number of aromatic amines is 1. The summed E-state index contributed by atoms with van der Waals surface area (Å²) in [7, 11) is 0. The molecule has 0 amide bonds. The maximum absolute atomic E-state index is 4.25. The molecule has 0 bridgehead atoms. The van der Waals surface area contributed by atoms with Crippen LogP contribution in [0.25, 0.3) is 0 Å². The van der Waals surface area contributed by atoms with Crippen LogP contribution in [0.4, 0.5) is 0 Å². The first-order valence-electron chi connectivity index (χ1n) is 22.5. The van der Waals surface area contributed by atoms with Crippen molar-refractivity contribution in [2.75, 3.05) is 0 Å². The third-order valence-electron chi connectivity index (χ3n) is 8.78. The van der Waals surface area contributed by atoms with Crippen LogP contribution < -0.4 is 0 Å². The Morgan fingerprint density at radius 1 is 0.470 bits per heavy atom. The van der Waals surface area contributed by atoms with E-state index in [-0.39, 0.29) is 38.0 Å². The molecule has 7 heterocycles. The van der Waals surface area contributed by atoms with Crippen LogP contribution in [0.1, 0.15) is 179 Å². The minimum Gasteiger partial charge on any atom is -0.282 e. The van der Waals surface area contributed by atoms with Gasteiger partial charge in [0.1, 0.15) is 5.82 Å². The van der Waals surface area contributed by atoms with Crippen molar-refractivity contribution >= 4 is 22.7 Å². The van der Waals surface area contributed by atoms with Crippen molar-refractivity contribution in [2.24, 2.45) is 0 Å². The minimum atomic E-state index is 0.0707. The molecule has 7 aromatic heterocycles. The van der Waals surface area contributed by atoms with Gasteiger partial charge in [-0.25, -0.2) is 19.9 Å². The molecule has 7 aromatic rings. The summed E-state index contributed by atoms with van der Waals surface area (Å²) in [5.41, 5.74) is 7.59. The molecule has 66 heavy (non-hydrogen) atoms. The first-order valence-corrected chi connectivity index (χ1v) is 24.3. The summed E-state index contributed by atoms with van der Waals surface area (Å²) in [6.45, 7) is 45.0. The Balaban J connectivity index is 0.000000385. The fourth-order valence-corrected chi connectivity index (χ4v) is 6.20. The highest BCUT2D eigenvalue weighted by Gasteiger charge is 2.18. The SMILES string of the molecule is CC(C)(C)c1ccccn1.CC(C)(C)c1ccn[nH]1.CC(C)(C)c1cnccn1.CC(C)(C)c1cscn1.CC(C)(C)c1ncccn1.CC(C)(C)c1nccs1.CC(C)(C)n1cccn1. The summed E-state index contributed by atoms with van der Waals surface area (Å²) in [4.78, 5) is 29.1. The molecule has 7 rings (SSSR count). The zero-order valence-electron chi connectivity index (χ0n) is 44.3. The Kier molecular flexibility index (Phi) is 23.6. The molecule has 1 N–H and O–H groups in total. The first kappa shape index (κ1) is 59.0. The van der Waals surface area contributed by atoms with E-state index in [2.05, 4.69) is 207 Å². The van der Waals surface area contributed by atoms with Crippen LogP contribution in [-0.2, 0) is 38.0 Å². The average molecular weight is 938 g/mol. The maximum Gasteiger partial charge on any atom is 0.133 e. The number of pyridine rings is 1. The number of hydrogen-bond donors (Lipinski definition) is 1. The monoisotopic (exact) mass is 938 g/mol. The molecule has 13 heteroatoms. The molecule has 0 spiro atoms. The topological polar surface area (TPSA) is 137 Å². The quantitative estimate of drug-likeness (QED) is 0.158. The smallest absolute Gasteiger partial charge is 0.133 e. The average Bonchev–Trinajstić information content (AvgIpc) is 4.07. The fraction of sp³-hybridized carbons (Fsp3) is 0.528. The number of H-pyrrole nitrogens is 1. The van der Waals surface area contributed by atoms with E-state index < -0.39 is 0 Å². The van der Waals surface area contributed by atoms with E-state index >= 15 is 0 Å². The van der Waals surface area contributed by atoms with Crippen LogP contribution in [0, 0.1) is 0 Å². The predicted octanol–water partition coefficient (Wildman–Crippen LogP) is 14.2. The van der Waals surface area contributed by atoms with Gasteiger partial charge in [0.05, 0.1) is 27.4 Å². The lowest BCUT2D eigenvalue weighted by Gasteiger charge is -2.18. The maximum atomic E-state index is 4.25. The molecule has 0 fully saturated rings. The van der Waals surface area contributed by atoms with Gasteiger partial charge in [-0.15, -0.1) is 22.7 Å². The fourth-order valence-electron chi connectivity index (χ4n) is 4.70. The Morgan fingerprint density at radius 3 is 1.32 bits per heavy atom. The van der Waals surface area contributed by atoms with E-state index in [0.717, 1.165) is 17.2 Å². The van der Waals surface area contributed by atoms with Crippen molar-refractivity contribution in [3.05, 3.63) is 148 Å².